The SMILES string of the molecule is O=C1CCC(C(=O)N2CCC(COc3cc(C4CC4)ncn3)CC2)CN1. The molecule has 1 unspecified atom stereocenters. The third kappa shape index (κ3) is 4.14. The van der Waals surface area contributed by atoms with Crippen molar-refractivity contribution in [2.24, 2.45) is 11.8 Å². The topological polar surface area (TPSA) is 84.4 Å². The van der Waals surface area contributed by atoms with Crippen molar-refractivity contribution in [3.8, 4) is 5.88 Å². The number of hydrogen-bond acceptors (Lipinski definition) is 5. The summed E-state index contributed by atoms with van der Waals surface area (Å²) in [5.74, 6) is 1.90. The lowest BCUT2D eigenvalue weighted by Crippen LogP contribution is -2.47. The molecule has 3 heterocycles. The summed E-state index contributed by atoms with van der Waals surface area (Å²) in [5.41, 5.74) is 1.09. The summed E-state index contributed by atoms with van der Waals surface area (Å²) >= 11 is 0. The molecule has 4 rings (SSSR count). The maximum atomic E-state index is 12.6. The van der Waals surface area contributed by atoms with Crippen molar-refractivity contribution >= 4 is 11.8 Å². The number of amides is 2. The van der Waals surface area contributed by atoms with Crippen LogP contribution >= 0.6 is 0 Å². The standard InChI is InChI=1S/C19H26N4O3/c24-17-4-3-15(10-20-17)19(25)23-7-5-13(6-8-23)11-26-18-9-16(14-1-2-14)21-12-22-18/h9,12-15H,1-8,10-11H2,(H,20,24). The third-order valence-corrected chi connectivity index (χ3v) is 5.67. The van der Waals surface area contributed by atoms with Gasteiger partial charge in [-0.25, -0.2) is 9.97 Å². The van der Waals surface area contributed by atoms with E-state index in [-0.39, 0.29) is 17.7 Å². The Bertz CT molecular complexity index is 659. The second kappa shape index (κ2) is 7.60. The monoisotopic (exact) mass is 358 g/mol. The quantitative estimate of drug-likeness (QED) is 0.862. The molecule has 1 aromatic rings. The number of carbonyl (C=O) groups is 2. The van der Waals surface area contributed by atoms with Crippen molar-refractivity contribution in [2.45, 2.75) is 44.4 Å². The van der Waals surface area contributed by atoms with Crippen LogP contribution in [0.15, 0.2) is 12.4 Å². The number of nitrogens with one attached hydrogen (secondary N) is 1. The third-order valence-electron chi connectivity index (χ3n) is 5.67. The second-order valence-corrected chi connectivity index (χ2v) is 7.67. The number of likely N-dealkylation sites (tertiary alicyclic amines) is 1. The van der Waals surface area contributed by atoms with Gasteiger partial charge in [-0.1, -0.05) is 0 Å². The van der Waals surface area contributed by atoms with Crippen LogP contribution in [0, 0.1) is 11.8 Å². The Kier molecular flexibility index (Phi) is 5.04. The van der Waals surface area contributed by atoms with Crippen molar-refractivity contribution in [3.05, 3.63) is 18.1 Å². The molecule has 3 aliphatic rings. The van der Waals surface area contributed by atoms with Crippen LogP contribution in [0.25, 0.3) is 0 Å². The molecule has 0 aromatic carbocycles. The highest BCUT2D eigenvalue weighted by Gasteiger charge is 2.31. The molecule has 1 aliphatic carbocycles. The molecule has 26 heavy (non-hydrogen) atoms. The van der Waals surface area contributed by atoms with E-state index in [1.807, 2.05) is 11.0 Å². The van der Waals surface area contributed by atoms with Gasteiger partial charge in [0, 0.05) is 38.0 Å². The van der Waals surface area contributed by atoms with Crippen LogP contribution in [0.1, 0.15) is 50.1 Å². The van der Waals surface area contributed by atoms with E-state index in [9.17, 15) is 9.59 Å². The van der Waals surface area contributed by atoms with Crippen molar-refractivity contribution in [2.75, 3.05) is 26.2 Å². The molecule has 7 heteroatoms. The smallest absolute Gasteiger partial charge is 0.227 e. The van der Waals surface area contributed by atoms with Crippen LogP contribution in [-0.2, 0) is 9.59 Å². The Morgan fingerprint density at radius 1 is 1.19 bits per heavy atom. The van der Waals surface area contributed by atoms with Gasteiger partial charge in [0.15, 0.2) is 0 Å². The van der Waals surface area contributed by atoms with Gasteiger partial charge in [0.05, 0.1) is 18.2 Å². The molecule has 1 aromatic heterocycles. The van der Waals surface area contributed by atoms with E-state index in [1.54, 1.807) is 6.33 Å². The molecule has 2 amide bonds. The summed E-state index contributed by atoms with van der Waals surface area (Å²) in [6.45, 7) is 2.67. The second-order valence-electron chi connectivity index (χ2n) is 7.67. The van der Waals surface area contributed by atoms with E-state index in [4.69, 9.17) is 4.74 Å². The van der Waals surface area contributed by atoms with Gasteiger partial charge in [0.1, 0.15) is 6.33 Å². The number of piperidine rings is 2. The molecule has 0 spiro atoms. The number of ether oxygens (including phenoxy) is 1. The van der Waals surface area contributed by atoms with Crippen LogP contribution in [0.4, 0.5) is 0 Å². The Labute approximate surface area is 153 Å². The van der Waals surface area contributed by atoms with Crippen LogP contribution in [0.5, 0.6) is 5.88 Å². The minimum Gasteiger partial charge on any atom is -0.477 e. The highest BCUT2D eigenvalue weighted by atomic mass is 16.5. The van der Waals surface area contributed by atoms with Gasteiger partial charge in [-0.15, -0.1) is 0 Å². The van der Waals surface area contributed by atoms with Crippen molar-refractivity contribution < 1.29 is 14.3 Å². The zero-order valence-corrected chi connectivity index (χ0v) is 15.0. The summed E-state index contributed by atoms with van der Waals surface area (Å²) in [7, 11) is 0. The molecule has 1 atom stereocenters. The summed E-state index contributed by atoms with van der Waals surface area (Å²) < 4.78 is 5.89. The van der Waals surface area contributed by atoms with E-state index >= 15 is 0 Å². The molecule has 1 N–H and O–H groups in total. The average molecular weight is 358 g/mol. The predicted octanol–water partition coefficient (Wildman–Crippen LogP) is 1.50. The number of aromatic nitrogens is 2. The zero-order valence-electron chi connectivity index (χ0n) is 15.0. The molecule has 1 saturated carbocycles. The van der Waals surface area contributed by atoms with Crippen molar-refractivity contribution in [1.29, 1.82) is 0 Å². The van der Waals surface area contributed by atoms with Gasteiger partial charge in [-0.2, -0.15) is 0 Å². The Balaban J connectivity index is 1.21. The molecule has 3 fully saturated rings. The summed E-state index contributed by atoms with van der Waals surface area (Å²) in [4.78, 5) is 34.3. The van der Waals surface area contributed by atoms with Crippen molar-refractivity contribution in [3.63, 3.8) is 0 Å². The number of carbonyl (C=O) groups excluding carboxylic acids is 2. The summed E-state index contributed by atoms with van der Waals surface area (Å²) in [5, 5.41) is 2.80. The van der Waals surface area contributed by atoms with Crippen LogP contribution in [0.3, 0.4) is 0 Å². The Hall–Kier alpha value is -2.18. The number of nitrogens with zero attached hydrogens (tertiary/aromatic N) is 3. The van der Waals surface area contributed by atoms with Crippen LogP contribution in [0.2, 0.25) is 0 Å². The fraction of sp³-hybridized carbons (Fsp3) is 0.684. The highest BCUT2D eigenvalue weighted by Crippen LogP contribution is 2.39. The first-order valence-corrected chi connectivity index (χ1v) is 9.69. The van der Waals surface area contributed by atoms with E-state index < -0.39 is 0 Å². The van der Waals surface area contributed by atoms with Crippen LogP contribution in [-0.4, -0.2) is 52.9 Å². The Morgan fingerprint density at radius 2 is 2.00 bits per heavy atom. The molecule has 0 bridgehead atoms. The molecule has 140 valence electrons. The van der Waals surface area contributed by atoms with Gasteiger partial charge in [-0.3, -0.25) is 9.59 Å². The molecular weight excluding hydrogens is 332 g/mol. The van der Waals surface area contributed by atoms with E-state index in [1.165, 1.54) is 12.8 Å². The molecule has 2 saturated heterocycles. The fourth-order valence-corrected chi connectivity index (χ4v) is 3.76. The lowest BCUT2D eigenvalue weighted by molar-refractivity contribution is -0.138. The largest absolute Gasteiger partial charge is 0.477 e. The fourth-order valence-electron chi connectivity index (χ4n) is 3.76. The van der Waals surface area contributed by atoms with Gasteiger partial charge < -0.3 is 15.0 Å². The van der Waals surface area contributed by atoms with E-state index in [2.05, 4.69) is 15.3 Å². The minimum absolute atomic E-state index is 0.0534. The zero-order chi connectivity index (χ0) is 17.9. The highest BCUT2D eigenvalue weighted by molar-refractivity contribution is 5.83. The maximum absolute atomic E-state index is 12.6. The van der Waals surface area contributed by atoms with Gasteiger partial charge in [0.2, 0.25) is 17.7 Å². The first-order chi connectivity index (χ1) is 12.7. The maximum Gasteiger partial charge on any atom is 0.227 e. The first-order valence-electron chi connectivity index (χ1n) is 9.69. The number of hydrogen-bond donors (Lipinski definition) is 1. The van der Waals surface area contributed by atoms with E-state index in [0.29, 0.717) is 43.7 Å². The summed E-state index contributed by atoms with van der Waals surface area (Å²) in [6, 6.07) is 1.97. The van der Waals surface area contributed by atoms with Gasteiger partial charge in [0.25, 0.3) is 0 Å². The average Bonchev–Trinajstić information content (AvgIpc) is 3.52. The predicted molar refractivity (Wildman–Crippen MR) is 94.5 cm³/mol. The van der Waals surface area contributed by atoms with Crippen molar-refractivity contribution in [1.82, 2.24) is 20.2 Å². The lowest BCUT2D eigenvalue weighted by atomic mass is 9.93. The Morgan fingerprint density at radius 3 is 2.69 bits per heavy atom. The van der Waals surface area contributed by atoms with E-state index in [0.717, 1.165) is 31.6 Å². The van der Waals surface area contributed by atoms with Gasteiger partial charge in [-0.05, 0) is 38.0 Å². The molecular formula is C19H26N4O3. The molecule has 0 radical (unpaired) electrons. The van der Waals surface area contributed by atoms with Crippen LogP contribution < -0.4 is 10.1 Å². The summed E-state index contributed by atoms with van der Waals surface area (Å²) in [6.07, 6.45) is 7.05. The normalized spacial score (nSPS) is 24.2. The molecule has 2 aliphatic heterocycles. The van der Waals surface area contributed by atoms with Gasteiger partial charge >= 0.3 is 0 Å². The lowest BCUT2D eigenvalue weighted by Gasteiger charge is -2.35. The minimum atomic E-state index is -0.0534. The molecule has 7 nitrogen and oxygen atoms in total. The number of rotatable bonds is 5. The first kappa shape index (κ1) is 17.2.